The van der Waals surface area contributed by atoms with E-state index in [9.17, 15) is 4.79 Å². The van der Waals surface area contributed by atoms with Gasteiger partial charge in [-0.05, 0) is 44.5 Å². The fourth-order valence-corrected chi connectivity index (χ4v) is 4.39. The molecule has 1 aromatic heterocycles. The Balaban J connectivity index is 1.41. The summed E-state index contributed by atoms with van der Waals surface area (Å²) in [4.78, 5) is 21.8. The molecular formula is C23H25N3OS. The van der Waals surface area contributed by atoms with Gasteiger partial charge in [-0.1, -0.05) is 29.8 Å². The van der Waals surface area contributed by atoms with Gasteiger partial charge >= 0.3 is 0 Å². The van der Waals surface area contributed by atoms with Gasteiger partial charge in [-0.2, -0.15) is 0 Å². The van der Waals surface area contributed by atoms with E-state index in [1.54, 1.807) is 11.3 Å². The molecule has 4 rings (SSSR count). The highest BCUT2D eigenvalue weighted by molar-refractivity contribution is 7.09. The summed E-state index contributed by atoms with van der Waals surface area (Å²) in [7, 11) is 0. The maximum absolute atomic E-state index is 12.9. The Morgan fingerprint density at radius 3 is 2.29 bits per heavy atom. The lowest BCUT2D eigenvalue weighted by atomic mass is 10.1. The van der Waals surface area contributed by atoms with E-state index in [-0.39, 0.29) is 5.91 Å². The Labute approximate surface area is 170 Å². The topological polar surface area (TPSA) is 36.4 Å². The molecule has 2 heterocycles. The van der Waals surface area contributed by atoms with Crippen LogP contribution in [0.15, 0.2) is 47.8 Å². The van der Waals surface area contributed by atoms with Crippen LogP contribution in [0.4, 0.5) is 5.69 Å². The van der Waals surface area contributed by atoms with Crippen LogP contribution in [-0.2, 0) is 0 Å². The van der Waals surface area contributed by atoms with Gasteiger partial charge in [-0.25, -0.2) is 4.98 Å². The molecule has 1 aliphatic rings. The number of aryl methyl sites for hydroxylation is 3. The van der Waals surface area contributed by atoms with E-state index in [1.807, 2.05) is 36.1 Å². The molecular weight excluding hydrogens is 366 g/mol. The molecule has 0 unspecified atom stereocenters. The third-order valence-electron chi connectivity index (χ3n) is 5.31. The van der Waals surface area contributed by atoms with Crippen LogP contribution < -0.4 is 4.90 Å². The highest BCUT2D eigenvalue weighted by Gasteiger charge is 2.23. The van der Waals surface area contributed by atoms with Gasteiger partial charge in [0.2, 0.25) is 0 Å². The predicted octanol–water partition coefficient (Wildman–Crippen LogP) is 4.70. The first-order valence-corrected chi connectivity index (χ1v) is 10.5. The Kier molecular flexibility index (Phi) is 5.18. The number of piperazine rings is 1. The van der Waals surface area contributed by atoms with Crippen molar-refractivity contribution in [2.24, 2.45) is 0 Å². The molecule has 1 fully saturated rings. The number of thiazole rings is 1. The van der Waals surface area contributed by atoms with E-state index < -0.39 is 0 Å². The number of amides is 1. The third-order valence-corrected chi connectivity index (χ3v) is 6.08. The largest absolute Gasteiger partial charge is 0.368 e. The van der Waals surface area contributed by atoms with Crippen LogP contribution in [0.1, 0.15) is 26.5 Å². The molecule has 0 bridgehead atoms. The quantitative estimate of drug-likeness (QED) is 0.649. The molecule has 144 valence electrons. The van der Waals surface area contributed by atoms with Crippen LogP contribution in [-0.4, -0.2) is 42.0 Å². The summed E-state index contributed by atoms with van der Waals surface area (Å²) in [5, 5.41) is 3.11. The fraction of sp³-hybridized carbons (Fsp3) is 0.304. The van der Waals surface area contributed by atoms with Gasteiger partial charge in [-0.15, -0.1) is 11.3 Å². The van der Waals surface area contributed by atoms with Crippen molar-refractivity contribution < 1.29 is 4.79 Å². The van der Waals surface area contributed by atoms with Gasteiger partial charge < -0.3 is 9.80 Å². The van der Waals surface area contributed by atoms with Crippen LogP contribution in [0.3, 0.4) is 0 Å². The number of hydrogen-bond acceptors (Lipinski definition) is 4. The van der Waals surface area contributed by atoms with Crippen LogP contribution in [0, 0.1) is 20.8 Å². The zero-order chi connectivity index (χ0) is 19.7. The fourth-order valence-electron chi connectivity index (χ4n) is 3.77. The lowest BCUT2D eigenvalue weighted by molar-refractivity contribution is 0.0747. The minimum absolute atomic E-state index is 0.112. The van der Waals surface area contributed by atoms with Crippen LogP contribution in [0.2, 0.25) is 0 Å². The first-order valence-electron chi connectivity index (χ1n) is 9.65. The number of benzene rings is 2. The van der Waals surface area contributed by atoms with Crippen molar-refractivity contribution in [2.75, 3.05) is 31.1 Å². The summed E-state index contributed by atoms with van der Waals surface area (Å²) >= 11 is 1.64. The Bertz CT molecular complexity index is 985. The molecule has 4 nitrogen and oxygen atoms in total. The molecule has 0 saturated carbocycles. The summed E-state index contributed by atoms with van der Waals surface area (Å²) in [6, 6.07) is 14.4. The van der Waals surface area contributed by atoms with E-state index in [0.29, 0.717) is 0 Å². The Hall–Kier alpha value is -2.66. The standard InChI is InChI=1S/C23H25N3OS/c1-16-4-9-22(17(2)14-16)25-10-12-26(13-11-25)23(27)20-7-5-19(6-8-20)21-15-28-18(3)24-21/h4-9,14-15H,10-13H2,1-3H3. The van der Waals surface area contributed by atoms with Crippen LogP contribution >= 0.6 is 11.3 Å². The van der Waals surface area contributed by atoms with Crippen LogP contribution in [0.25, 0.3) is 11.3 Å². The number of rotatable bonds is 3. The van der Waals surface area contributed by atoms with E-state index in [2.05, 4.69) is 47.3 Å². The average Bonchev–Trinajstić information content (AvgIpc) is 3.14. The average molecular weight is 392 g/mol. The summed E-state index contributed by atoms with van der Waals surface area (Å²) in [5.41, 5.74) is 6.64. The number of carbonyl (C=O) groups is 1. The van der Waals surface area contributed by atoms with Crippen molar-refractivity contribution in [2.45, 2.75) is 20.8 Å². The maximum atomic E-state index is 12.9. The molecule has 1 saturated heterocycles. The smallest absolute Gasteiger partial charge is 0.253 e. The number of nitrogens with zero attached hydrogens (tertiary/aromatic N) is 3. The van der Waals surface area contributed by atoms with Crippen molar-refractivity contribution in [3.63, 3.8) is 0 Å². The van der Waals surface area contributed by atoms with Crippen molar-refractivity contribution in [1.82, 2.24) is 9.88 Å². The lowest BCUT2D eigenvalue weighted by Crippen LogP contribution is -2.49. The van der Waals surface area contributed by atoms with Crippen molar-refractivity contribution in [3.05, 3.63) is 69.5 Å². The molecule has 5 heteroatoms. The predicted molar refractivity (Wildman–Crippen MR) is 116 cm³/mol. The molecule has 1 aliphatic heterocycles. The normalized spacial score (nSPS) is 14.4. The molecule has 0 spiro atoms. The lowest BCUT2D eigenvalue weighted by Gasteiger charge is -2.37. The van der Waals surface area contributed by atoms with Gasteiger partial charge in [0.15, 0.2) is 0 Å². The van der Waals surface area contributed by atoms with Gasteiger partial charge in [0.1, 0.15) is 0 Å². The molecule has 0 radical (unpaired) electrons. The number of anilines is 1. The molecule has 0 aliphatic carbocycles. The van der Waals surface area contributed by atoms with E-state index in [0.717, 1.165) is 48.0 Å². The molecule has 0 N–H and O–H groups in total. The number of hydrogen-bond donors (Lipinski definition) is 0. The molecule has 2 aromatic carbocycles. The number of aromatic nitrogens is 1. The Morgan fingerprint density at radius 2 is 1.68 bits per heavy atom. The first kappa shape index (κ1) is 18.7. The SMILES string of the molecule is Cc1ccc(N2CCN(C(=O)c3ccc(-c4csc(C)n4)cc3)CC2)c(C)c1. The van der Waals surface area contributed by atoms with E-state index >= 15 is 0 Å². The van der Waals surface area contributed by atoms with Gasteiger partial charge in [0, 0.05) is 48.4 Å². The molecule has 0 atom stereocenters. The monoisotopic (exact) mass is 391 g/mol. The van der Waals surface area contributed by atoms with Crippen molar-refractivity contribution >= 4 is 22.9 Å². The van der Waals surface area contributed by atoms with Gasteiger partial charge in [0.05, 0.1) is 10.7 Å². The summed E-state index contributed by atoms with van der Waals surface area (Å²) in [5.74, 6) is 0.112. The van der Waals surface area contributed by atoms with Gasteiger partial charge in [0.25, 0.3) is 5.91 Å². The zero-order valence-electron chi connectivity index (χ0n) is 16.6. The van der Waals surface area contributed by atoms with Gasteiger partial charge in [-0.3, -0.25) is 4.79 Å². The second-order valence-electron chi connectivity index (χ2n) is 7.40. The van der Waals surface area contributed by atoms with Crippen molar-refractivity contribution in [3.8, 4) is 11.3 Å². The van der Waals surface area contributed by atoms with Crippen molar-refractivity contribution in [1.29, 1.82) is 0 Å². The molecule has 1 amide bonds. The first-order chi connectivity index (χ1) is 13.5. The molecule has 3 aromatic rings. The maximum Gasteiger partial charge on any atom is 0.253 e. The third kappa shape index (κ3) is 3.80. The molecule has 28 heavy (non-hydrogen) atoms. The highest BCUT2D eigenvalue weighted by Crippen LogP contribution is 2.24. The Morgan fingerprint density at radius 1 is 0.964 bits per heavy atom. The summed E-state index contributed by atoms with van der Waals surface area (Å²) in [6.07, 6.45) is 0. The summed E-state index contributed by atoms with van der Waals surface area (Å²) < 4.78 is 0. The second kappa shape index (κ2) is 7.76. The van der Waals surface area contributed by atoms with Crippen LogP contribution in [0.5, 0.6) is 0 Å². The van der Waals surface area contributed by atoms with E-state index in [1.165, 1.54) is 16.8 Å². The number of carbonyl (C=O) groups excluding carboxylic acids is 1. The highest BCUT2D eigenvalue weighted by atomic mass is 32.1. The second-order valence-corrected chi connectivity index (χ2v) is 8.46. The minimum atomic E-state index is 0.112. The zero-order valence-corrected chi connectivity index (χ0v) is 17.4. The van der Waals surface area contributed by atoms with E-state index in [4.69, 9.17) is 0 Å². The minimum Gasteiger partial charge on any atom is -0.368 e. The summed E-state index contributed by atoms with van der Waals surface area (Å²) in [6.45, 7) is 9.51.